The highest BCUT2D eigenvalue weighted by Crippen LogP contribution is 2.32. The van der Waals surface area contributed by atoms with Gasteiger partial charge >= 0.3 is 6.03 Å². The molecule has 0 atom stereocenters. The number of nitrogens with zero attached hydrogens (tertiary/aromatic N) is 2. The molecular formula is C23H28N4O2. The molecule has 0 aliphatic heterocycles. The number of carbonyl (C=O) groups excluding carboxylic acids is 1. The van der Waals surface area contributed by atoms with Crippen LogP contribution in [0.15, 0.2) is 53.3 Å². The van der Waals surface area contributed by atoms with Gasteiger partial charge in [-0.15, -0.1) is 0 Å². The Morgan fingerprint density at radius 3 is 2.38 bits per heavy atom. The molecule has 6 heteroatoms. The topological polar surface area (TPSA) is 80.4 Å². The van der Waals surface area contributed by atoms with Gasteiger partial charge in [-0.05, 0) is 35.1 Å². The van der Waals surface area contributed by atoms with E-state index in [9.17, 15) is 9.59 Å². The second-order valence-corrected chi connectivity index (χ2v) is 7.79. The van der Waals surface area contributed by atoms with Crippen LogP contribution in [0.1, 0.15) is 19.5 Å². The molecule has 0 unspecified atom stereocenters. The smallest absolute Gasteiger partial charge is 0.321 e. The Hall–Kier alpha value is -3.12. The van der Waals surface area contributed by atoms with Gasteiger partial charge < -0.3 is 20.5 Å². The van der Waals surface area contributed by atoms with Gasteiger partial charge in [-0.1, -0.05) is 44.2 Å². The van der Waals surface area contributed by atoms with Crippen molar-refractivity contribution in [2.75, 3.05) is 19.4 Å². The summed E-state index contributed by atoms with van der Waals surface area (Å²) in [7, 11) is 3.37. The monoisotopic (exact) mass is 392 g/mol. The zero-order chi connectivity index (χ0) is 21.1. The molecular weight excluding hydrogens is 364 g/mol. The van der Waals surface area contributed by atoms with Gasteiger partial charge in [-0.25, -0.2) is 4.79 Å². The molecule has 0 saturated heterocycles. The number of nitrogens with one attached hydrogen (secondary N) is 1. The molecule has 0 saturated carbocycles. The first-order valence-electron chi connectivity index (χ1n) is 9.76. The quantitative estimate of drug-likeness (QED) is 0.691. The SMILES string of the molecule is CC(C)Cn1c(CN)c(-c2ccccc2)c2cc(NC(=O)N(C)C)ccc2c1=O. The molecule has 0 fully saturated rings. The van der Waals surface area contributed by atoms with E-state index in [-0.39, 0.29) is 18.1 Å². The van der Waals surface area contributed by atoms with Gasteiger partial charge in [0.15, 0.2) is 0 Å². The van der Waals surface area contributed by atoms with Crippen molar-refractivity contribution in [1.29, 1.82) is 0 Å². The number of aromatic nitrogens is 1. The fraction of sp³-hybridized carbons (Fsp3) is 0.304. The van der Waals surface area contributed by atoms with Gasteiger partial charge in [0.05, 0.1) is 0 Å². The van der Waals surface area contributed by atoms with Crippen LogP contribution in [0.4, 0.5) is 10.5 Å². The van der Waals surface area contributed by atoms with Crippen LogP contribution in [0.2, 0.25) is 0 Å². The van der Waals surface area contributed by atoms with E-state index in [1.807, 2.05) is 36.4 Å². The summed E-state index contributed by atoms with van der Waals surface area (Å²) in [6.07, 6.45) is 0. The minimum Gasteiger partial charge on any atom is -0.331 e. The molecule has 0 spiro atoms. The van der Waals surface area contributed by atoms with E-state index in [2.05, 4.69) is 19.2 Å². The van der Waals surface area contributed by atoms with Crippen molar-refractivity contribution in [1.82, 2.24) is 9.47 Å². The number of nitrogens with two attached hydrogens (primary N) is 1. The standard InChI is InChI=1S/C23H28N4O2/c1-15(2)14-27-20(13-24)21(16-8-6-5-7-9-16)19-12-17(25-23(29)26(3)4)10-11-18(19)22(27)28/h5-12,15H,13-14,24H2,1-4H3,(H,25,29). The summed E-state index contributed by atoms with van der Waals surface area (Å²) in [4.78, 5) is 26.8. The van der Waals surface area contributed by atoms with Gasteiger partial charge in [-0.3, -0.25) is 4.79 Å². The number of pyridine rings is 1. The molecule has 3 rings (SSSR count). The lowest BCUT2D eigenvalue weighted by atomic mass is 9.96. The molecule has 6 nitrogen and oxygen atoms in total. The lowest BCUT2D eigenvalue weighted by Gasteiger charge is -2.21. The number of rotatable bonds is 5. The van der Waals surface area contributed by atoms with E-state index in [1.54, 1.807) is 30.8 Å². The number of hydrogen-bond acceptors (Lipinski definition) is 3. The minimum atomic E-state index is -0.224. The molecule has 2 aromatic carbocycles. The van der Waals surface area contributed by atoms with Crippen LogP contribution in [0.25, 0.3) is 21.9 Å². The van der Waals surface area contributed by atoms with Crippen molar-refractivity contribution in [3.8, 4) is 11.1 Å². The maximum atomic E-state index is 13.3. The van der Waals surface area contributed by atoms with E-state index in [1.165, 1.54) is 4.90 Å². The average Bonchev–Trinajstić information content (AvgIpc) is 2.70. The second-order valence-electron chi connectivity index (χ2n) is 7.79. The van der Waals surface area contributed by atoms with Crippen molar-refractivity contribution < 1.29 is 4.79 Å². The number of benzene rings is 2. The minimum absolute atomic E-state index is 0.0562. The van der Waals surface area contributed by atoms with Crippen LogP contribution in [0, 0.1) is 5.92 Å². The predicted octanol–water partition coefficient (Wildman–Crippen LogP) is 3.88. The number of fused-ring (bicyclic) bond motifs is 1. The first-order chi connectivity index (χ1) is 13.8. The Morgan fingerprint density at radius 1 is 1.10 bits per heavy atom. The second kappa shape index (κ2) is 8.49. The molecule has 0 aliphatic rings. The summed E-state index contributed by atoms with van der Waals surface area (Å²) in [5, 5.41) is 4.27. The van der Waals surface area contributed by atoms with Crippen LogP contribution in [-0.2, 0) is 13.1 Å². The fourth-order valence-electron chi connectivity index (χ4n) is 3.51. The van der Waals surface area contributed by atoms with Crippen molar-refractivity contribution in [2.45, 2.75) is 26.9 Å². The molecule has 0 radical (unpaired) electrons. The Bertz CT molecular complexity index is 1090. The van der Waals surface area contributed by atoms with Gasteiger partial charge in [0.1, 0.15) is 0 Å². The molecule has 29 heavy (non-hydrogen) atoms. The Morgan fingerprint density at radius 2 is 1.79 bits per heavy atom. The highest BCUT2D eigenvalue weighted by Gasteiger charge is 2.18. The van der Waals surface area contributed by atoms with E-state index >= 15 is 0 Å². The molecule has 1 aromatic heterocycles. The van der Waals surface area contributed by atoms with Crippen molar-refractivity contribution in [3.05, 3.63) is 64.6 Å². The van der Waals surface area contributed by atoms with Crippen molar-refractivity contribution in [3.63, 3.8) is 0 Å². The molecule has 2 amide bonds. The average molecular weight is 393 g/mol. The Balaban J connectivity index is 2.35. The maximum Gasteiger partial charge on any atom is 0.321 e. The van der Waals surface area contributed by atoms with E-state index in [4.69, 9.17) is 5.73 Å². The summed E-state index contributed by atoms with van der Waals surface area (Å²) in [5.74, 6) is 0.303. The fourth-order valence-corrected chi connectivity index (χ4v) is 3.51. The molecule has 3 aromatic rings. The molecule has 152 valence electrons. The van der Waals surface area contributed by atoms with Gasteiger partial charge in [0.2, 0.25) is 0 Å². The number of urea groups is 1. The van der Waals surface area contributed by atoms with Crippen LogP contribution >= 0.6 is 0 Å². The summed E-state index contributed by atoms with van der Waals surface area (Å²) in [6, 6.07) is 15.1. The Kier molecular flexibility index (Phi) is 6.03. The number of anilines is 1. The summed E-state index contributed by atoms with van der Waals surface area (Å²) >= 11 is 0. The number of carbonyl (C=O) groups is 1. The lowest BCUT2D eigenvalue weighted by Crippen LogP contribution is -2.29. The van der Waals surface area contributed by atoms with Crippen LogP contribution in [0.3, 0.4) is 0 Å². The van der Waals surface area contributed by atoms with E-state index in [0.29, 0.717) is 23.5 Å². The third kappa shape index (κ3) is 4.17. The predicted molar refractivity (Wildman–Crippen MR) is 119 cm³/mol. The van der Waals surface area contributed by atoms with Gasteiger partial charge in [0, 0.05) is 49.5 Å². The van der Waals surface area contributed by atoms with E-state index < -0.39 is 0 Å². The molecule has 0 bridgehead atoms. The Labute approximate surface area is 170 Å². The third-order valence-electron chi connectivity index (χ3n) is 4.84. The third-order valence-corrected chi connectivity index (χ3v) is 4.84. The van der Waals surface area contributed by atoms with Crippen molar-refractivity contribution in [2.24, 2.45) is 11.7 Å². The highest BCUT2D eigenvalue weighted by molar-refractivity contribution is 6.01. The normalized spacial score (nSPS) is 11.1. The van der Waals surface area contributed by atoms with Crippen molar-refractivity contribution >= 4 is 22.5 Å². The first kappa shape index (κ1) is 20.6. The number of amides is 2. The van der Waals surface area contributed by atoms with Crippen LogP contribution in [0.5, 0.6) is 0 Å². The zero-order valence-corrected chi connectivity index (χ0v) is 17.4. The summed E-state index contributed by atoms with van der Waals surface area (Å²) < 4.78 is 1.80. The largest absolute Gasteiger partial charge is 0.331 e. The highest BCUT2D eigenvalue weighted by atomic mass is 16.2. The first-order valence-corrected chi connectivity index (χ1v) is 9.76. The summed E-state index contributed by atoms with van der Waals surface area (Å²) in [5.41, 5.74) is 9.46. The maximum absolute atomic E-state index is 13.3. The van der Waals surface area contributed by atoms with Gasteiger partial charge in [-0.2, -0.15) is 0 Å². The zero-order valence-electron chi connectivity index (χ0n) is 17.4. The summed E-state index contributed by atoms with van der Waals surface area (Å²) in [6.45, 7) is 5.01. The molecule has 3 N–H and O–H groups in total. The molecule has 1 heterocycles. The van der Waals surface area contributed by atoms with Gasteiger partial charge in [0.25, 0.3) is 5.56 Å². The van der Waals surface area contributed by atoms with Crippen LogP contribution < -0.4 is 16.6 Å². The molecule has 0 aliphatic carbocycles. The number of hydrogen-bond donors (Lipinski definition) is 2. The van der Waals surface area contributed by atoms with Crippen LogP contribution in [-0.4, -0.2) is 29.6 Å². The lowest BCUT2D eigenvalue weighted by molar-refractivity contribution is 0.230. The van der Waals surface area contributed by atoms with E-state index in [0.717, 1.165) is 22.2 Å².